The van der Waals surface area contributed by atoms with E-state index in [2.05, 4.69) is 4.74 Å². The Morgan fingerprint density at radius 2 is 1.95 bits per heavy atom. The number of hydrogen-bond acceptors (Lipinski definition) is 4. The summed E-state index contributed by atoms with van der Waals surface area (Å²) in [7, 11) is 1.30. The van der Waals surface area contributed by atoms with Crippen molar-refractivity contribution in [3.05, 3.63) is 27.7 Å². The second-order valence-corrected chi connectivity index (χ2v) is 4.75. The topological polar surface area (TPSA) is 74.3 Å². The highest BCUT2D eigenvalue weighted by Gasteiger charge is 2.40. The Morgan fingerprint density at radius 3 is 2.37 bits per heavy atom. The lowest BCUT2D eigenvalue weighted by molar-refractivity contribution is 0.0600. The van der Waals surface area contributed by atoms with Crippen molar-refractivity contribution in [3.8, 4) is 0 Å². The van der Waals surface area contributed by atoms with Crippen molar-refractivity contribution in [1.29, 1.82) is 0 Å². The van der Waals surface area contributed by atoms with Crippen molar-refractivity contribution in [2.45, 2.75) is 46.1 Å². The molecule has 0 amide bonds. The SMILES string of the molecule is CC.COC(=O)c1cn(C2(C)CC2)c(=O)c(C)c1N. The Bertz CT molecular complexity index is 542. The average molecular weight is 266 g/mol. The summed E-state index contributed by atoms with van der Waals surface area (Å²) in [6.07, 6.45) is 3.40. The van der Waals surface area contributed by atoms with E-state index < -0.39 is 5.97 Å². The maximum Gasteiger partial charge on any atom is 0.341 e. The van der Waals surface area contributed by atoms with Gasteiger partial charge in [0.2, 0.25) is 0 Å². The molecule has 0 radical (unpaired) electrons. The van der Waals surface area contributed by atoms with Gasteiger partial charge in [-0.15, -0.1) is 0 Å². The predicted octanol–water partition coefficient (Wildman–Crippen LogP) is 2.06. The molecule has 1 saturated carbocycles. The van der Waals surface area contributed by atoms with E-state index in [1.807, 2.05) is 20.8 Å². The Morgan fingerprint density at radius 1 is 1.42 bits per heavy atom. The molecule has 0 bridgehead atoms. The largest absolute Gasteiger partial charge is 0.465 e. The van der Waals surface area contributed by atoms with E-state index in [0.29, 0.717) is 5.56 Å². The maximum absolute atomic E-state index is 12.1. The van der Waals surface area contributed by atoms with Crippen molar-refractivity contribution in [3.63, 3.8) is 0 Å². The number of pyridine rings is 1. The minimum Gasteiger partial charge on any atom is -0.465 e. The van der Waals surface area contributed by atoms with Gasteiger partial charge in [0.25, 0.3) is 5.56 Å². The first-order valence-corrected chi connectivity index (χ1v) is 6.51. The van der Waals surface area contributed by atoms with Crippen molar-refractivity contribution in [1.82, 2.24) is 4.57 Å². The number of methoxy groups -OCH3 is 1. The van der Waals surface area contributed by atoms with Gasteiger partial charge in [-0.25, -0.2) is 4.79 Å². The lowest BCUT2D eigenvalue weighted by Gasteiger charge is -2.17. The molecule has 0 unspecified atom stereocenters. The van der Waals surface area contributed by atoms with Crippen LogP contribution in [0.1, 0.15) is 49.5 Å². The number of anilines is 1. The monoisotopic (exact) mass is 266 g/mol. The molecule has 0 saturated heterocycles. The van der Waals surface area contributed by atoms with Crippen LogP contribution in [0.5, 0.6) is 0 Å². The van der Waals surface area contributed by atoms with Gasteiger partial charge >= 0.3 is 5.97 Å². The highest BCUT2D eigenvalue weighted by molar-refractivity contribution is 5.95. The highest BCUT2D eigenvalue weighted by Crippen LogP contribution is 2.42. The molecular formula is C14H22N2O3. The molecule has 1 aromatic heterocycles. The Kier molecular flexibility index (Phi) is 4.39. The lowest BCUT2D eigenvalue weighted by atomic mass is 10.1. The van der Waals surface area contributed by atoms with Crippen LogP contribution in [-0.4, -0.2) is 17.6 Å². The van der Waals surface area contributed by atoms with Crippen LogP contribution in [-0.2, 0) is 10.3 Å². The molecule has 0 aromatic carbocycles. The van der Waals surface area contributed by atoms with Crippen molar-refractivity contribution >= 4 is 11.7 Å². The molecule has 0 spiro atoms. The van der Waals surface area contributed by atoms with Gasteiger partial charge in [-0.3, -0.25) is 4.79 Å². The third kappa shape index (κ3) is 2.64. The zero-order chi connectivity index (χ0) is 14.8. The third-order valence-corrected chi connectivity index (χ3v) is 3.45. The zero-order valence-electron chi connectivity index (χ0n) is 12.2. The summed E-state index contributed by atoms with van der Waals surface area (Å²) in [5, 5.41) is 0. The number of aromatic nitrogens is 1. The molecule has 1 fully saturated rings. The number of nitrogens with two attached hydrogens (primary N) is 1. The van der Waals surface area contributed by atoms with E-state index in [9.17, 15) is 9.59 Å². The van der Waals surface area contributed by atoms with Gasteiger partial charge in [0.15, 0.2) is 0 Å². The van der Waals surface area contributed by atoms with Gasteiger partial charge in [-0.2, -0.15) is 0 Å². The van der Waals surface area contributed by atoms with Crippen LogP contribution in [0.4, 0.5) is 5.69 Å². The Labute approximate surface area is 113 Å². The smallest absolute Gasteiger partial charge is 0.341 e. The van der Waals surface area contributed by atoms with Crippen LogP contribution < -0.4 is 11.3 Å². The molecular weight excluding hydrogens is 244 g/mol. The van der Waals surface area contributed by atoms with Gasteiger partial charge < -0.3 is 15.0 Å². The number of nitrogens with zero attached hydrogens (tertiary/aromatic N) is 1. The van der Waals surface area contributed by atoms with Gasteiger partial charge in [-0.1, -0.05) is 13.8 Å². The molecule has 19 heavy (non-hydrogen) atoms. The Balaban J connectivity index is 0.000000861. The fraction of sp³-hybridized carbons (Fsp3) is 0.571. The summed E-state index contributed by atoms with van der Waals surface area (Å²) < 4.78 is 6.27. The molecule has 1 aromatic rings. The van der Waals surface area contributed by atoms with Crippen LogP contribution >= 0.6 is 0 Å². The number of rotatable bonds is 2. The number of hydrogen-bond donors (Lipinski definition) is 1. The molecule has 5 nitrogen and oxygen atoms in total. The second kappa shape index (κ2) is 5.47. The second-order valence-electron chi connectivity index (χ2n) is 4.75. The minimum atomic E-state index is -0.511. The normalized spacial score (nSPS) is 15.2. The van der Waals surface area contributed by atoms with E-state index in [1.165, 1.54) is 13.3 Å². The van der Waals surface area contributed by atoms with Crippen LogP contribution in [0.3, 0.4) is 0 Å². The molecule has 5 heteroatoms. The van der Waals surface area contributed by atoms with E-state index in [1.54, 1.807) is 11.5 Å². The summed E-state index contributed by atoms with van der Waals surface area (Å²) in [6.45, 7) is 7.62. The van der Waals surface area contributed by atoms with E-state index in [0.717, 1.165) is 12.8 Å². The van der Waals surface area contributed by atoms with Gasteiger partial charge in [0.1, 0.15) is 0 Å². The number of carbonyl (C=O) groups excluding carboxylic acids is 1. The van der Waals surface area contributed by atoms with E-state index in [-0.39, 0.29) is 22.3 Å². The van der Waals surface area contributed by atoms with Crippen molar-refractivity contribution in [2.75, 3.05) is 12.8 Å². The standard InChI is InChI=1S/C12H16N2O3.C2H6/c1-7-9(13)8(11(16)17-3)6-14(10(7)15)12(2)4-5-12;1-2/h6H,4-5,13H2,1-3H3;1-2H3. The van der Waals surface area contributed by atoms with Gasteiger partial charge in [0.05, 0.1) is 18.4 Å². The van der Waals surface area contributed by atoms with Crippen molar-refractivity contribution in [2.24, 2.45) is 0 Å². The molecule has 1 heterocycles. The van der Waals surface area contributed by atoms with Crippen LogP contribution in [0.2, 0.25) is 0 Å². The molecule has 2 N–H and O–H groups in total. The molecule has 2 rings (SSSR count). The molecule has 1 aliphatic rings. The number of carbonyl (C=O) groups is 1. The van der Waals surface area contributed by atoms with Crippen molar-refractivity contribution < 1.29 is 9.53 Å². The maximum atomic E-state index is 12.1. The van der Waals surface area contributed by atoms with Gasteiger partial charge in [0, 0.05) is 17.3 Å². The first kappa shape index (κ1) is 15.3. The number of ether oxygens (including phenoxy) is 1. The van der Waals surface area contributed by atoms with E-state index in [4.69, 9.17) is 5.73 Å². The fourth-order valence-electron chi connectivity index (χ4n) is 1.85. The van der Waals surface area contributed by atoms with Gasteiger partial charge in [-0.05, 0) is 26.7 Å². The number of esters is 1. The summed E-state index contributed by atoms with van der Waals surface area (Å²) in [4.78, 5) is 23.6. The lowest BCUT2D eigenvalue weighted by Crippen LogP contribution is -2.31. The molecule has 106 valence electrons. The van der Waals surface area contributed by atoms with Crippen LogP contribution in [0.25, 0.3) is 0 Å². The first-order chi connectivity index (χ1) is 8.90. The quantitative estimate of drug-likeness (QED) is 0.831. The molecule has 0 aliphatic heterocycles. The fourth-order valence-corrected chi connectivity index (χ4v) is 1.85. The molecule has 0 atom stereocenters. The Hall–Kier alpha value is -1.78. The third-order valence-electron chi connectivity index (χ3n) is 3.45. The highest BCUT2D eigenvalue weighted by atomic mass is 16.5. The number of nitrogen functional groups attached to an aromatic ring is 1. The summed E-state index contributed by atoms with van der Waals surface area (Å²) >= 11 is 0. The predicted molar refractivity (Wildman–Crippen MR) is 75.4 cm³/mol. The summed E-state index contributed by atoms with van der Waals surface area (Å²) in [5.41, 5.74) is 6.36. The van der Waals surface area contributed by atoms with Crippen LogP contribution in [0, 0.1) is 6.92 Å². The minimum absolute atomic E-state index is 0.129. The zero-order valence-corrected chi connectivity index (χ0v) is 12.2. The molecule has 1 aliphatic carbocycles. The van der Waals surface area contributed by atoms with E-state index >= 15 is 0 Å². The average Bonchev–Trinajstić information content (AvgIpc) is 3.16. The van der Waals surface area contributed by atoms with Crippen LogP contribution in [0.15, 0.2) is 11.0 Å². The summed E-state index contributed by atoms with van der Waals surface area (Å²) in [6, 6.07) is 0. The summed E-state index contributed by atoms with van der Waals surface area (Å²) in [5.74, 6) is -0.511. The first-order valence-electron chi connectivity index (χ1n) is 6.51.